The number of hydrogen-bond acceptors (Lipinski definition) is 5. The largest absolute Gasteiger partial charge is 0.842 e. The molecule has 0 saturated heterocycles. The molecule has 0 unspecified atom stereocenters. The average molecular weight is 488 g/mol. The highest BCUT2D eigenvalue weighted by molar-refractivity contribution is 7.15. The number of ether oxygens (including phenoxy) is 1. The van der Waals surface area contributed by atoms with E-state index in [9.17, 15) is 23.1 Å². The fraction of sp³-hybridized carbons (Fsp3) is 0.105. The Bertz CT molecular complexity index is 1350. The van der Waals surface area contributed by atoms with Crippen LogP contribution in [0.15, 0.2) is 53.6 Å². The molecule has 160 valence electrons. The van der Waals surface area contributed by atoms with Crippen LogP contribution in [0.4, 0.5) is 13.2 Å². The predicted octanol–water partition coefficient (Wildman–Crippen LogP) is 4.04. The van der Waals surface area contributed by atoms with Crippen molar-refractivity contribution in [3.63, 3.8) is 0 Å². The van der Waals surface area contributed by atoms with Crippen LogP contribution in [0.1, 0.15) is 4.88 Å². The molecule has 3 heterocycles. The van der Waals surface area contributed by atoms with Crippen LogP contribution in [0.3, 0.4) is 0 Å². The molecule has 3 aromatic heterocycles. The summed E-state index contributed by atoms with van der Waals surface area (Å²) >= 11 is 13.0. The van der Waals surface area contributed by atoms with Gasteiger partial charge in [-0.3, -0.25) is 0 Å². The zero-order chi connectivity index (χ0) is 22.3. The number of halogens is 5. The molecule has 6 nitrogen and oxygen atoms in total. The Hall–Kier alpha value is -2.82. The van der Waals surface area contributed by atoms with Gasteiger partial charge < -0.3 is 9.84 Å². The molecule has 0 spiro atoms. The van der Waals surface area contributed by atoms with E-state index >= 15 is 0 Å². The van der Waals surface area contributed by atoms with E-state index < -0.39 is 23.6 Å². The summed E-state index contributed by atoms with van der Waals surface area (Å²) in [5.41, 5.74) is -0.871. The first-order valence-electron chi connectivity index (χ1n) is 8.53. The first-order chi connectivity index (χ1) is 14.6. The number of fused-ring (bicyclic) bond motifs is 1. The predicted molar refractivity (Wildman–Crippen MR) is 107 cm³/mol. The Kier molecular flexibility index (Phi) is 5.54. The monoisotopic (exact) mass is 487 g/mol. The van der Waals surface area contributed by atoms with E-state index in [1.807, 2.05) is 0 Å². The van der Waals surface area contributed by atoms with Gasteiger partial charge in [0.05, 0.1) is 17.0 Å². The minimum Gasteiger partial charge on any atom is -0.842 e. The molecule has 0 aliphatic rings. The van der Waals surface area contributed by atoms with Crippen molar-refractivity contribution >= 4 is 40.2 Å². The molecule has 0 radical (unpaired) electrons. The quantitative estimate of drug-likeness (QED) is 0.407. The molecule has 4 aromatic rings. The third-order valence-electron chi connectivity index (χ3n) is 4.24. The minimum absolute atomic E-state index is 0.0521. The van der Waals surface area contributed by atoms with Crippen molar-refractivity contribution in [2.24, 2.45) is 0 Å². The van der Waals surface area contributed by atoms with Crippen LogP contribution in [0, 0.1) is 0 Å². The van der Waals surface area contributed by atoms with Gasteiger partial charge in [0.15, 0.2) is 4.47 Å². The highest BCUT2D eigenvalue weighted by Gasteiger charge is 2.31. The standard InChI is InChI=1S/C19H10Cl2F3N3O3S/c20-11-5-10(6-12(7-11)30-19(22,23)24)15-16(28)26-4-2-1-3-14(26)27(17(15)29)9-13-8-25-18(21)31-13/h1-8H,9H2. The lowest BCUT2D eigenvalue weighted by Gasteiger charge is -2.17. The van der Waals surface area contributed by atoms with E-state index in [4.69, 9.17) is 23.2 Å². The summed E-state index contributed by atoms with van der Waals surface area (Å²) in [6, 6.07) is 7.93. The molecular formula is C19H10Cl2F3N3O3S. The summed E-state index contributed by atoms with van der Waals surface area (Å²) in [4.78, 5) is 17.7. The van der Waals surface area contributed by atoms with Gasteiger partial charge in [-0.15, -0.1) is 24.5 Å². The first kappa shape index (κ1) is 21.4. The van der Waals surface area contributed by atoms with Crippen molar-refractivity contribution in [3.05, 3.63) is 73.5 Å². The summed E-state index contributed by atoms with van der Waals surface area (Å²) in [5, 5.41) is 13.2. The van der Waals surface area contributed by atoms with Gasteiger partial charge in [-0.25, -0.2) is 14.3 Å². The molecular weight excluding hydrogens is 478 g/mol. The second-order valence-electron chi connectivity index (χ2n) is 6.30. The SMILES string of the molecule is O=c1c(-c2cc(Cl)cc(OC(F)(F)F)c2)c([O-])[n+](Cc2cnc(Cl)s2)c2ccccn12. The fourth-order valence-corrected chi connectivity index (χ4v) is 4.28. The van der Waals surface area contributed by atoms with Gasteiger partial charge in [0.2, 0.25) is 0 Å². The molecule has 0 aliphatic heterocycles. The number of alkyl halides is 3. The van der Waals surface area contributed by atoms with Crippen molar-refractivity contribution in [2.75, 3.05) is 0 Å². The van der Waals surface area contributed by atoms with Crippen LogP contribution in [0.5, 0.6) is 11.6 Å². The summed E-state index contributed by atoms with van der Waals surface area (Å²) < 4.78 is 44.7. The number of benzene rings is 1. The second-order valence-corrected chi connectivity index (χ2v) is 8.44. The Morgan fingerprint density at radius 3 is 2.68 bits per heavy atom. The molecule has 31 heavy (non-hydrogen) atoms. The topological polar surface area (TPSA) is 70.5 Å². The molecule has 0 saturated carbocycles. The molecule has 1 aromatic carbocycles. The molecule has 0 bridgehead atoms. The summed E-state index contributed by atoms with van der Waals surface area (Å²) in [7, 11) is 0. The lowest BCUT2D eigenvalue weighted by Crippen LogP contribution is -2.44. The highest BCUT2D eigenvalue weighted by Crippen LogP contribution is 2.32. The zero-order valence-electron chi connectivity index (χ0n) is 15.2. The number of rotatable bonds is 4. The second kappa shape index (κ2) is 8.03. The van der Waals surface area contributed by atoms with E-state index in [0.717, 1.165) is 23.5 Å². The number of nitrogens with zero attached hydrogens (tertiary/aromatic N) is 3. The smallest absolute Gasteiger partial charge is 0.573 e. The molecule has 0 fully saturated rings. The van der Waals surface area contributed by atoms with Gasteiger partial charge in [-0.05, 0) is 29.8 Å². The van der Waals surface area contributed by atoms with E-state index in [1.165, 1.54) is 27.4 Å². The lowest BCUT2D eigenvalue weighted by atomic mass is 10.1. The fourth-order valence-electron chi connectivity index (χ4n) is 3.09. The molecule has 4 rings (SSSR count). The molecule has 0 atom stereocenters. The third-order valence-corrected chi connectivity index (χ3v) is 5.56. The molecule has 0 aliphatic carbocycles. The number of aromatic nitrogens is 3. The lowest BCUT2D eigenvalue weighted by molar-refractivity contribution is -0.707. The number of pyridine rings is 1. The van der Waals surface area contributed by atoms with E-state index in [-0.39, 0.29) is 27.2 Å². The third kappa shape index (κ3) is 4.46. The Labute approximate surface area is 186 Å². The Morgan fingerprint density at radius 1 is 1.23 bits per heavy atom. The van der Waals surface area contributed by atoms with Crippen LogP contribution in [0.25, 0.3) is 16.8 Å². The van der Waals surface area contributed by atoms with Crippen molar-refractivity contribution < 1.29 is 27.6 Å². The van der Waals surface area contributed by atoms with E-state index in [2.05, 4.69) is 9.72 Å². The number of hydrogen-bond donors (Lipinski definition) is 0. The maximum atomic E-state index is 13.3. The van der Waals surface area contributed by atoms with Crippen LogP contribution >= 0.6 is 34.5 Å². The van der Waals surface area contributed by atoms with Crippen LogP contribution < -0.4 is 20.0 Å². The normalized spacial score (nSPS) is 11.8. The maximum Gasteiger partial charge on any atom is 0.573 e. The van der Waals surface area contributed by atoms with Gasteiger partial charge in [0.1, 0.15) is 17.9 Å². The molecule has 12 heteroatoms. The van der Waals surface area contributed by atoms with Crippen molar-refractivity contribution in [3.8, 4) is 22.8 Å². The maximum absolute atomic E-state index is 13.3. The summed E-state index contributed by atoms with van der Waals surface area (Å²) in [6.07, 6.45) is -2.02. The van der Waals surface area contributed by atoms with Crippen molar-refractivity contribution in [1.82, 2.24) is 9.38 Å². The highest BCUT2D eigenvalue weighted by atomic mass is 35.5. The van der Waals surface area contributed by atoms with Crippen molar-refractivity contribution in [1.29, 1.82) is 0 Å². The molecule has 0 amide bonds. The van der Waals surface area contributed by atoms with Gasteiger partial charge in [0, 0.05) is 17.3 Å². The van der Waals surface area contributed by atoms with Gasteiger partial charge in [-0.2, -0.15) is 4.40 Å². The summed E-state index contributed by atoms with van der Waals surface area (Å²) in [5.74, 6) is -1.35. The minimum atomic E-state index is -4.97. The van der Waals surface area contributed by atoms with Crippen LogP contribution in [-0.2, 0) is 6.54 Å². The Balaban J connectivity index is 1.96. The zero-order valence-corrected chi connectivity index (χ0v) is 17.5. The molecule has 0 N–H and O–H groups in total. The van der Waals surface area contributed by atoms with E-state index in [1.54, 1.807) is 18.2 Å². The van der Waals surface area contributed by atoms with Gasteiger partial charge in [0.25, 0.3) is 5.65 Å². The van der Waals surface area contributed by atoms with Crippen LogP contribution in [-0.4, -0.2) is 15.7 Å². The first-order valence-corrected chi connectivity index (χ1v) is 10.1. The van der Waals surface area contributed by atoms with Crippen LogP contribution in [0.2, 0.25) is 9.49 Å². The number of thiazole rings is 1. The van der Waals surface area contributed by atoms with Gasteiger partial charge >= 0.3 is 11.9 Å². The summed E-state index contributed by atoms with van der Waals surface area (Å²) in [6.45, 7) is 0.0521. The Morgan fingerprint density at radius 2 is 2.00 bits per heavy atom. The van der Waals surface area contributed by atoms with Gasteiger partial charge in [-0.1, -0.05) is 29.3 Å². The average Bonchev–Trinajstić information content (AvgIpc) is 3.08. The van der Waals surface area contributed by atoms with E-state index in [0.29, 0.717) is 10.5 Å². The van der Waals surface area contributed by atoms with Crippen molar-refractivity contribution in [2.45, 2.75) is 12.9 Å².